The molecule has 4 rings (SSSR count). The number of halogens is 3. The fourth-order valence-corrected chi connectivity index (χ4v) is 2.38. The van der Waals surface area contributed by atoms with Gasteiger partial charge in [0.2, 0.25) is 0 Å². The summed E-state index contributed by atoms with van der Waals surface area (Å²) in [5.74, 6) is 0.196. The van der Waals surface area contributed by atoms with Gasteiger partial charge in [0.25, 0.3) is 5.56 Å². The van der Waals surface area contributed by atoms with Crippen molar-refractivity contribution in [3.63, 3.8) is 0 Å². The summed E-state index contributed by atoms with van der Waals surface area (Å²) >= 11 is 0. The lowest BCUT2D eigenvalue weighted by Crippen LogP contribution is -2.19. The van der Waals surface area contributed by atoms with Gasteiger partial charge in [-0.2, -0.15) is 22.8 Å². The third kappa shape index (κ3) is 1.97. The molecule has 116 valence electrons. The highest BCUT2D eigenvalue weighted by molar-refractivity contribution is 5.83. The summed E-state index contributed by atoms with van der Waals surface area (Å²) in [6.45, 7) is 0. The maximum absolute atomic E-state index is 13.1. The number of rotatable bonds is 1. The van der Waals surface area contributed by atoms with Crippen molar-refractivity contribution in [3.05, 3.63) is 40.2 Å². The minimum Gasteiger partial charge on any atom is -0.339 e. The third-order valence-electron chi connectivity index (χ3n) is 3.34. The van der Waals surface area contributed by atoms with Gasteiger partial charge in [-0.05, 0) is 22.6 Å². The lowest BCUT2D eigenvalue weighted by Gasteiger charge is -2.09. The van der Waals surface area contributed by atoms with Crippen LogP contribution >= 0.6 is 0 Å². The summed E-state index contributed by atoms with van der Waals surface area (Å²) in [5.41, 5.74) is -1.36. The van der Waals surface area contributed by atoms with Crippen molar-refractivity contribution >= 4 is 16.6 Å². The molecule has 0 atom stereocenters. The lowest BCUT2D eigenvalue weighted by molar-refractivity contribution is -0.136. The number of benzene rings is 1. The average Bonchev–Trinajstić information content (AvgIpc) is 3.14. The molecule has 4 aromatic rings. The molecule has 2 N–H and O–H groups in total. The van der Waals surface area contributed by atoms with Crippen LogP contribution in [0.1, 0.15) is 5.56 Å². The van der Waals surface area contributed by atoms with E-state index in [-0.39, 0.29) is 22.7 Å². The summed E-state index contributed by atoms with van der Waals surface area (Å²) in [5, 5.41) is 16.4. The van der Waals surface area contributed by atoms with E-state index < -0.39 is 22.7 Å². The van der Waals surface area contributed by atoms with Crippen LogP contribution in [0.2, 0.25) is 0 Å². The van der Waals surface area contributed by atoms with Crippen molar-refractivity contribution in [2.24, 2.45) is 0 Å². The van der Waals surface area contributed by atoms with Crippen molar-refractivity contribution in [2.75, 3.05) is 0 Å². The number of aromatic nitrogens is 7. The van der Waals surface area contributed by atoms with Crippen LogP contribution in [-0.4, -0.2) is 35.2 Å². The molecule has 3 aromatic heterocycles. The van der Waals surface area contributed by atoms with E-state index in [2.05, 4.69) is 30.7 Å². The van der Waals surface area contributed by atoms with Gasteiger partial charge in [0.1, 0.15) is 11.3 Å². The summed E-state index contributed by atoms with van der Waals surface area (Å²) in [7, 11) is 0. The smallest absolute Gasteiger partial charge is 0.339 e. The Morgan fingerprint density at radius 2 is 2.04 bits per heavy atom. The van der Waals surface area contributed by atoms with Crippen molar-refractivity contribution in [1.82, 2.24) is 35.2 Å². The highest BCUT2D eigenvalue weighted by Crippen LogP contribution is 2.33. The van der Waals surface area contributed by atoms with Crippen molar-refractivity contribution in [2.45, 2.75) is 6.18 Å². The van der Waals surface area contributed by atoms with E-state index in [4.69, 9.17) is 0 Å². The van der Waals surface area contributed by atoms with E-state index in [9.17, 15) is 18.0 Å². The first-order valence-corrected chi connectivity index (χ1v) is 6.31. The molecule has 11 heteroatoms. The number of fused-ring (bicyclic) bond motifs is 2. The average molecular weight is 321 g/mol. The molecule has 3 heterocycles. The predicted molar refractivity (Wildman–Crippen MR) is 71.5 cm³/mol. The number of H-pyrrole nitrogens is 2. The molecule has 0 saturated carbocycles. The summed E-state index contributed by atoms with van der Waals surface area (Å²) in [4.78, 5) is 15.2. The Balaban J connectivity index is 2.10. The molecule has 0 fully saturated rings. The van der Waals surface area contributed by atoms with Crippen LogP contribution in [0.3, 0.4) is 0 Å². The first-order chi connectivity index (χ1) is 10.9. The molecule has 1 aromatic carbocycles. The van der Waals surface area contributed by atoms with E-state index >= 15 is 0 Å². The van der Waals surface area contributed by atoms with Crippen LogP contribution in [0, 0.1) is 0 Å². The zero-order valence-electron chi connectivity index (χ0n) is 11.1. The normalized spacial score (nSPS) is 12.3. The van der Waals surface area contributed by atoms with E-state index in [0.717, 1.165) is 10.6 Å². The Labute approximate surface area is 123 Å². The van der Waals surface area contributed by atoms with E-state index in [1.54, 1.807) is 0 Å². The first kappa shape index (κ1) is 13.4. The number of nitrogens with zero attached hydrogens (tertiary/aromatic N) is 5. The first-order valence-electron chi connectivity index (χ1n) is 6.31. The van der Waals surface area contributed by atoms with Gasteiger partial charge < -0.3 is 4.98 Å². The number of aromatic amines is 2. The molecule has 0 aliphatic heterocycles. The van der Waals surface area contributed by atoms with Crippen LogP contribution in [0.25, 0.3) is 28.1 Å². The summed E-state index contributed by atoms with van der Waals surface area (Å²) in [6, 6.07) is 4.95. The molecule has 0 spiro atoms. The van der Waals surface area contributed by atoms with Gasteiger partial charge in [-0.1, -0.05) is 6.07 Å². The Hall–Kier alpha value is -3.24. The minimum atomic E-state index is -4.65. The maximum atomic E-state index is 13.1. The molecule has 0 unspecified atom stereocenters. The number of tetrazole rings is 1. The molecule has 0 amide bonds. The SMILES string of the molecule is O=c1c2c(C(F)(F)F)cccc2[nH]c2cc(-c3nnn[nH]3)nn12. The Morgan fingerprint density at radius 3 is 2.74 bits per heavy atom. The van der Waals surface area contributed by atoms with E-state index in [1.807, 2.05) is 0 Å². The number of nitrogens with one attached hydrogen (secondary N) is 2. The highest BCUT2D eigenvalue weighted by atomic mass is 19.4. The molecular formula is C12H6F3N7O. The maximum Gasteiger partial charge on any atom is 0.417 e. The lowest BCUT2D eigenvalue weighted by atomic mass is 10.1. The van der Waals surface area contributed by atoms with E-state index in [0.29, 0.717) is 0 Å². The van der Waals surface area contributed by atoms with Crippen molar-refractivity contribution < 1.29 is 13.2 Å². The second kappa shape index (κ2) is 4.38. The summed E-state index contributed by atoms with van der Waals surface area (Å²) < 4.78 is 40.2. The van der Waals surface area contributed by atoms with Crippen LogP contribution in [0.15, 0.2) is 29.1 Å². The van der Waals surface area contributed by atoms with Crippen molar-refractivity contribution in [3.8, 4) is 11.5 Å². The topological polar surface area (TPSA) is 105 Å². The predicted octanol–water partition coefficient (Wildman–Crippen LogP) is 1.37. The highest BCUT2D eigenvalue weighted by Gasteiger charge is 2.34. The second-order valence-electron chi connectivity index (χ2n) is 4.73. The van der Waals surface area contributed by atoms with Gasteiger partial charge in [0.05, 0.1) is 16.5 Å². The summed E-state index contributed by atoms with van der Waals surface area (Å²) in [6.07, 6.45) is -4.65. The fraction of sp³-hybridized carbons (Fsp3) is 0.0833. The largest absolute Gasteiger partial charge is 0.417 e. The van der Waals surface area contributed by atoms with Crippen LogP contribution in [0.5, 0.6) is 0 Å². The Bertz CT molecular complexity index is 1080. The van der Waals surface area contributed by atoms with Gasteiger partial charge in [0, 0.05) is 6.07 Å². The minimum absolute atomic E-state index is 0.0690. The third-order valence-corrected chi connectivity index (χ3v) is 3.34. The molecule has 0 aliphatic rings. The molecular weight excluding hydrogens is 315 g/mol. The van der Waals surface area contributed by atoms with Crippen molar-refractivity contribution in [1.29, 1.82) is 0 Å². The Morgan fingerprint density at radius 1 is 1.22 bits per heavy atom. The van der Waals surface area contributed by atoms with Gasteiger partial charge in [-0.25, -0.2) is 5.10 Å². The molecule has 23 heavy (non-hydrogen) atoms. The van der Waals surface area contributed by atoms with Gasteiger partial charge >= 0.3 is 6.18 Å². The number of hydrogen-bond acceptors (Lipinski definition) is 5. The van der Waals surface area contributed by atoms with Gasteiger partial charge in [-0.3, -0.25) is 4.79 Å². The molecule has 0 radical (unpaired) electrons. The molecule has 0 bridgehead atoms. The van der Waals surface area contributed by atoms with Gasteiger partial charge in [0.15, 0.2) is 5.82 Å². The quantitative estimate of drug-likeness (QED) is 0.551. The van der Waals surface area contributed by atoms with Crippen LogP contribution in [-0.2, 0) is 6.18 Å². The number of alkyl halides is 3. The number of hydrogen-bond donors (Lipinski definition) is 2. The zero-order chi connectivity index (χ0) is 16.2. The van der Waals surface area contributed by atoms with E-state index in [1.165, 1.54) is 18.2 Å². The Kier molecular flexibility index (Phi) is 2.56. The van der Waals surface area contributed by atoms with Gasteiger partial charge in [-0.15, -0.1) is 5.10 Å². The molecule has 0 saturated heterocycles. The fourth-order valence-electron chi connectivity index (χ4n) is 2.38. The second-order valence-corrected chi connectivity index (χ2v) is 4.73. The standard InChI is InChI=1S/C12H6F3N7O/c13-12(14,15)5-2-1-3-6-9(5)11(23)22-8(16-6)4-7(19-22)10-17-20-21-18-10/h1-4,16H,(H,17,18,20,21). The van der Waals surface area contributed by atoms with Crippen LogP contribution < -0.4 is 5.56 Å². The molecule has 8 nitrogen and oxygen atoms in total. The zero-order valence-corrected chi connectivity index (χ0v) is 11.1. The monoisotopic (exact) mass is 321 g/mol. The van der Waals surface area contributed by atoms with Crippen LogP contribution in [0.4, 0.5) is 13.2 Å². The molecule has 0 aliphatic carbocycles.